The lowest BCUT2D eigenvalue weighted by atomic mass is 10.0. The molecule has 1 nitrogen and oxygen atoms in total. The molecule has 0 saturated carbocycles. The summed E-state index contributed by atoms with van der Waals surface area (Å²) in [6.07, 6.45) is 0. The molecule has 0 aromatic heterocycles. The van der Waals surface area contributed by atoms with Gasteiger partial charge in [-0.25, -0.2) is 13.2 Å². The summed E-state index contributed by atoms with van der Waals surface area (Å²) in [4.78, 5) is 0. The van der Waals surface area contributed by atoms with Gasteiger partial charge in [-0.15, -0.1) is 0 Å². The van der Waals surface area contributed by atoms with E-state index in [0.29, 0.717) is 10.0 Å². The number of hydrogen-bond acceptors (Lipinski definition) is 1. The molecule has 0 aliphatic heterocycles. The molecule has 1 N–H and O–H groups in total. The second-order valence-electron chi connectivity index (χ2n) is 4.94. The van der Waals surface area contributed by atoms with E-state index >= 15 is 0 Å². The third kappa shape index (κ3) is 3.86. The van der Waals surface area contributed by atoms with Crippen LogP contribution < -0.4 is 5.32 Å². The summed E-state index contributed by atoms with van der Waals surface area (Å²) in [5.41, 5.74) is 0.696. The number of nitrogens with one attached hydrogen (secondary N) is 1. The Balaban J connectivity index is 2.18. The van der Waals surface area contributed by atoms with Crippen LogP contribution in [0.5, 0.6) is 0 Å². The zero-order chi connectivity index (χ0) is 15.6. The first kappa shape index (κ1) is 16.0. The smallest absolute Gasteiger partial charge is 0.129 e. The molecule has 5 heteroatoms. The van der Waals surface area contributed by atoms with E-state index in [1.807, 2.05) is 0 Å². The van der Waals surface area contributed by atoms with Crippen molar-refractivity contribution in [2.75, 3.05) is 0 Å². The van der Waals surface area contributed by atoms with Gasteiger partial charge in [-0.3, -0.25) is 0 Å². The summed E-state index contributed by atoms with van der Waals surface area (Å²) in [6.45, 7) is 3.49. The van der Waals surface area contributed by atoms with Gasteiger partial charge in [-0.1, -0.05) is 22.0 Å². The van der Waals surface area contributed by atoms with E-state index < -0.39 is 17.7 Å². The lowest BCUT2D eigenvalue weighted by Gasteiger charge is -2.21. The first-order valence-corrected chi connectivity index (χ1v) is 7.33. The maximum absolute atomic E-state index is 13.9. The van der Waals surface area contributed by atoms with Crippen molar-refractivity contribution in [1.29, 1.82) is 0 Å². The minimum Gasteiger partial charge on any atom is -0.303 e. The SMILES string of the molecule is CC(NC(C)c1cc(F)ccc1F)c1ccc(Br)cc1F. The van der Waals surface area contributed by atoms with Crippen LogP contribution in [0.1, 0.15) is 37.1 Å². The van der Waals surface area contributed by atoms with E-state index in [0.717, 1.165) is 18.2 Å². The molecule has 0 aliphatic rings. The average molecular weight is 358 g/mol. The van der Waals surface area contributed by atoms with Gasteiger partial charge in [0.1, 0.15) is 17.5 Å². The molecule has 2 aromatic carbocycles. The standard InChI is InChI=1S/C16H15BrF3N/c1-9(13-5-3-11(17)7-16(13)20)21-10(2)14-8-12(18)4-6-15(14)19/h3-10,21H,1-2H3. The molecule has 0 bridgehead atoms. The van der Waals surface area contributed by atoms with E-state index in [1.54, 1.807) is 26.0 Å². The minimum absolute atomic E-state index is 0.222. The average Bonchev–Trinajstić information content (AvgIpc) is 2.41. The molecule has 112 valence electrons. The highest BCUT2D eigenvalue weighted by Gasteiger charge is 2.17. The zero-order valence-corrected chi connectivity index (χ0v) is 13.2. The van der Waals surface area contributed by atoms with Crippen molar-refractivity contribution in [2.45, 2.75) is 25.9 Å². The molecule has 0 aliphatic carbocycles. The predicted octanol–water partition coefficient (Wildman–Crippen LogP) is 5.28. The third-order valence-electron chi connectivity index (χ3n) is 3.35. The highest BCUT2D eigenvalue weighted by Crippen LogP contribution is 2.25. The van der Waals surface area contributed by atoms with E-state index in [2.05, 4.69) is 21.2 Å². The van der Waals surface area contributed by atoms with E-state index in [1.165, 1.54) is 6.07 Å². The summed E-state index contributed by atoms with van der Waals surface area (Å²) in [6, 6.07) is 7.31. The van der Waals surface area contributed by atoms with Crippen LogP contribution in [0.3, 0.4) is 0 Å². The van der Waals surface area contributed by atoms with Crippen LogP contribution in [0.4, 0.5) is 13.2 Å². The monoisotopic (exact) mass is 357 g/mol. The Morgan fingerprint density at radius 1 is 0.857 bits per heavy atom. The normalized spacial score (nSPS) is 14.0. The Hall–Kier alpha value is -1.33. The third-order valence-corrected chi connectivity index (χ3v) is 3.85. The van der Waals surface area contributed by atoms with Gasteiger partial charge in [0.2, 0.25) is 0 Å². The summed E-state index contributed by atoms with van der Waals surface area (Å²) >= 11 is 3.20. The van der Waals surface area contributed by atoms with Crippen molar-refractivity contribution in [1.82, 2.24) is 5.32 Å². The molecular formula is C16H15BrF3N. The Morgan fingerprint density at radius 2 is 1.52 bits per heavy atom. The topological polar surface area (TPSA) is 12.0 Å². The lowest BCUT2D eigenvalue weighted by molar-refractivity contribution is 0.456. The van der Waals surface area contributed by atoms with Crippen molar-refractivity contribution in [3.63, 3.8) is 0 Å². The van der Waals surface area contributed by atoms with Crippen molar-refractivity contribution >= 4 is 15.9 Å². The maximum Gasteiger partial charge on any atom is 0.129 e. The van der Waals surface area contributed by atoms with Gasteiger partial charge in [0.05, 0.1) is 0 Å². The summed E-state index contributed by atoms with van der Waals surface area (Å²) in [5, 5.41) is 3.08. The Bertz CT molecular complexity index is 645. The fourth-order valence-corrected chi connectivity index (χ4v) is 2.59. The summed E-state index contributed by atoms with van der Waals surface area (Å²) < 4.78 is 41.5. The van der Waals surface area contributed by atoms with Crippen LogP contribution in [-0.4, -0.2) is 0 Å². The molecular weight excluding hydrogens is 343 g/mol. The maximum atomic E-state index is 13.9. The highest BCUT2D eigenvalue weighted by atomic mass is 79.9. The number of hydrogen-bond donors (Lipinski definition) is 1. The number of halogens is 4. The van der Waals surface area contributed by atoms with Gasteiger partial charge in [0.15, 0.2) is 0 Å². The number of rotatable bonds is 4. The van der Waals surface area contributed by atoms with Crippen LogP contribution in [0.15, 0.2) is 40.9 Å². The molecule has 0 radical (unpaired) electrons. The first-order chi connectivity index (χ1) is 9.88. The molecule has 0 amide bonds. The number of benzene rings is 2. The van der Waals surface area contributed by atoms with Crippen LogP contribution in [0.2, 0.25) is 0 Å². The van der Waals surface area contributed by atoms with Crippen LogP contribution >= 0.6 is 15.9 Å². The molecule has 21 heavy (non-hydrogen) atoms. The second kappa shape index (κ2) is 6.62. The first-order valence-electron chi connectivity index (χ1n) is 6.54. The van der Waals surface area contributed by atoms with Crippen molar-refractivity contribution in [2.24, 2.45) is 0 Å². The Labute approximate surface area is 130 Å². The zero-order valence-electron chi connectivity index (χ0n) is 11.6. The molecule has 2 rings (SSSR count). The van der Waals surface area contributed by atoms with E-state index in [9.17, 15) is 13.2 Å². The quantitative estimate of drug-likeness (QED) is 0.784. The van der Waals surface area contributed by atoms with E-state index in [4.69, 9.17) is 0 Å². The molecule has 2 atom stereocenters. The van der Waals surface area contributed by atoms with Crippen molar-refractivity contribution in [3.05, 3.63) is 69.4 Å². The van der Waals surface area contributed by atoms with Gasteiger partial charge in [-0.2, -0.15) is 0 Å². The summed E-state index contributed by atoms with van der Waals surface area (Å²) in [5.74, 6) is -1.33. The largest absolute Gasteiger partial charge is 0.303 e. The van der Waals surface area contributed by atoms with Crippen LogP contribution in [0.25, 0.3) is 0 Å². The molecule has 2 aromatic rings. The van der Waals surface area contributed by atoms with Crippen LogP contribution in [0, 0.1) is 17.5 Å². The predicted molar refractivity (Wildman–Crippen MR) is 80.4 cm³/mol. The summed E-state index contributed by atoms with van der Waals surface area (Å²) in [7, 11) is 0. The molecule has 0 saturated heterocycles. The van der Waals surface area contributed by atoms with Crippen molar-refractivity contribution in [3.8, 4) is 0 Å². The molecule has 0 heterocycles. The van der Waals surface area contributed by atoms with Gasteiger partial charge in [0.25, 0.3) is 0 Å². The van der Waals surface area contributed by atoms with Gasteiger partial charge >= 0.3 is 0 Å². The van der Waals surface area contributed by atoms with Crippen molar-refractivity contribution < 1.29 is 13.2 Å². The molecule has 2 unspecified atom stereocenters. The highest BCUT2D eigenvalue weighted by molar-refractivity contribution is 9.10. The lowest BCUT2D eigenvalue weighted by Crippen LogP contribution is -2.24. The molecule has 0 spiro atoms. The molecule has 0 fully saturated rings. The van der Waals surface area contributed by atoms with Gasteiger partial charge in [0, 0.05) is 27.7 Å². The van der Waals surface area contributed by atoms with Gasteiger partial charge in [-0.05, 0) is 44.2 Å². The second-order valence-corrected chi connectivity index (χ2v) is 5.86. The van der Waals surface area contributed by atoms with Gasteiger partial charge < -0.3 is 5.32 Å². The minimum atomic E-state index is -0.498. The fraction of sp³-hybridized carbons (Fsp3) is 0.250. The fourth-order valence-electron chi connectivity index (χ4n) is 2.25. The Kier molecular flexibility index (Phi) is 5.06. The van der Waals surface area contributed by atoms with Crippen LogP contribution in [-0.2, 0) is 0 Å². The van der Waals surface area contributed by atoms with E-state index in [-0.39, 0.29) is 17.4 Å². The Morgan fingerprint density at radius 3 is 2.19 bits per heavy atom.